The van der Waals surface area contributed by atoms with Gasteiger partial charge < -0.3 is 0 Å². The van der Waals surface area contributed by atoms with Gasteiger partial charge in [0, 0.05) is 5.56 Å². The van der Waals surface area contributed by atoms with Gasteiger partial charge >= 0.3 is 0 Å². The molecule has 2 rings (SSSR count). The molecule has 7 heteroatoms. The second kappa shape index (κ2) is 6.14. The summed E-state index contributed by atoms with van der Waals surface area (Å²) >= 11 is 1.14. The van der Waals surface area contributed by atoms with Crippen LogP contribution in [0.3, 0.4) is 0 Å². The molecule has 0 saturated carbocycles. The molecule has 19 heavy (non-hydrogen) atoms. The average molecular weight is 284 g/mol. The van der Waals surface area contributed by atoms with Crippen molar-refractivity contribution in [2.45, 2.75) is 25.8 Å². The maximum absolute atomic E-state index is 13.8. The molecule has 0 bridgehead atoms. The van der Waals surface area contributed by atoms with Crippen molar-refractivity contribution in [3.63, 3.8) is 0 Å². The van der Waals surface area contributed by atoms with Crippen molar-refractivity contribution in [2.75, 3.05) is 0 Å². The van der Waals surface area contributed by atoms with Gasteiger partial charge in [-0.05, 0) is 24.0 Å². The third-order valence-corrected chi connectivity index (χ3v) is 3.62. The van der Waals surface area contributed by atoms with Gasteiger partial charge in [-0.15, -0.1) is 5.10 Å². The molecule has 1 aromatic heterocycles. The van der Waals surface area contributed by atoms with E-state index in [0.717, 1.165) is 36.1 Å². The third-order valence-electron chi connectivity index (χ3n) is 2.79. The zero-order valence-corrected chi connectivity index (χ0v) is 11.2. The Morgan fingerprint density at radius 1 is 1.42 bits per heavy atom. The highest BCUT2D eigenvalue weighted by molar-refractivity contribution is 7.05. The molecule has 2 aromatic rings. The van der Waals surface area contributed by atoms with Gasteiger partial charge in [0.25, 0.3) is 0 Å². The summed E-state index contributed by atoms with van der Waals surface area (Å²) < 4.78 is 31.0. The largest absolute Gasteiger partial charge is 0.271 e. The summed E-state index contributed by atoms with van der Waals surface area (Å²) in [4.78, 5) is 0.717. The van der Waals surface area contributed by atoms with Crippen LogP contribution in [-0.2, 0) is 6.42 Å². The van der Waals surface area contributed by atoms with Crippen molar-refractivity contribution in [1.29, 1.82) is 0 Å². The van der Waals surface area contributed by atoms with Crippen LogP contribution in [0.25, 0.3) is 0 Å². The van der Waals surface area contributed by atoms with Gasteiger partial charge in [0.1, 0.15) is 0 Å². The smallest absolute Gasteiger partial charge is 0.164 e. The molecule has 1 aromatic carbocycles. The first-order chi connectivity index (χ1) is 9.19. The van der Waals surface area contributed by atoms with Gasteiger partial charge in [0.15, 0.2) is 11.6 Å². The summed E-state index contributed by atoms with van der Waals surface area (Å²) in [6, 6.07) is 3.38. The second-order valence-corrected chi connectivity index (χ2v) is 4.86. The van der Waals surface area contributed by atoms with Crippen molar-refractivity contribution in [2.24, 2.45) is 5.84 Å². The Morgan fingerprint density at radius 3 is 2.89 bits per heavy atom. The van der Waals surface area contributed by atoms with Crippen molar-refractivity contribution in [1.82, 2.24) is 15.0 Å². The number of nitrogens with one attached hydrogen (secondary N) is 1. The van der Waals surface area contributed by atoms with Crippen LogP contribution in [0.1, 0.15) is 35.5 Å². The summed E-state index contributed by atoms with van der Waals surface area (Å²) in [5.74, 6) is 3.69. The maximum atomic E-state index is 13.8. The fourth-order valence-electron chi connectivity index (χ4n) is 1.90. The van der Waals surface area contributed by atoms with Crippen molar-refractivity contribution < 1.29 is 8.78 Å². The Hall–Kier alpha value is -1.44. The van der Waals surface area contributed by atoms with E-state index in [-0.39, 0.29) is 5.56 Å². The van der Waals surface area contributed by atoms with Crippen LogP contribution in [0.5, 0.6) is 0 Å². The molecule has 1 atom stereocenters. The fourth-order valence-corrected chi connectivity index (χ4v) is 2.67. The van der Waals surface area contributed by atoms with E-state index in [4.69, 9.17) is 5.84 Å². The van der Waals surface area contributed by atoms with Gasteiger partial charge in [-0.25, -0.2) is 14.2 Å². The monoisotopic (exact) mass is 284 g/mol. The first kappa shape index (κ1) is 14.0. The van der Waals surface area contributed by atoms with Crippen LogP contribution in [0.15, 0.2) is 18.2 Å². The number of hydrazine groups is 1. The Morgan fingerprint density at radius 2 is 2.21 bits per heavy atom. The van der Waals surface area contributed by atoms with E-state index in [2.05, 4.69) is 15.0 Å². The molecule has 1 heterocycles. The van der Waals surface area contributed by atoms with E-state index in [1.165, 1.54) is 12.1 Å². The lowest BCUT2D eigenvalue weighted by molar-refractivity contribution is 0.483. The minimum Gasteiger partial charge on any atom is -0.271 e. The second-order valence-electron chi connectivity index (χ2n) is 4.08. The third kappa shape index (κ3) is 2.78. The first-order valence-electron chi connectivity index (χ1n) is 5.90. The highest BCUT2D eigenvalue weighted by Crippen LogP contribution is 2.29. The summed E-state index contributed by atoms with van der Waals surface area (Å²) in [6.45, 7) is 2.01. The molecule has 0 radical (unpaired) electrons. The molecule has 0 aliphatic carbocycles. The van der Waals surface area contributed by atoms with Crippen LogP contribution in [0.2, 0.25) is 0 Å². The van der Waals surface area contributed by atoms with Crippen LogP contribution in [0.4, 0.5) is 8.78 Å². The van der Waals surface area contributed by atoms with Gasteiger partial charge in [-0.3, -0.25) is 5.84 Å². The maximum Gasteiger partial charge on any atom is 0.164 e. The number of nitrogens with zero attached hydrogens (tertiary/aromatic N) is 2. The molecule has 0 aliphatic heterocycles. The highest BCUT2D eigenvalue weighted by Gasteiger charge is 2.23. The normalized spacial score (nSPS) is 12.6. The number of nitrogens with two attached hydrogens (primary N) is 1. The van der Waals surface area contributed by atoms with E-state index in [9.17, 15) is 8.78 Å². The van der Waals surface area contributed by atoms with Crippen molar-refractivity contribution in [3.8, 4) is 0 Å². The van der Waals surface area contributed by atoms with Crippen LogP contribution in [-0.4, -0.2) is 9.59 Å². The van der Waals surface area contributed by atoms with E-state index in [1.807, 2.05) is 6.92 Å². The summed E-state index contributed by atoms with van der Waals surface area (Å²) in [6.07, 6.45) is 1.61. The van der Waals surface area contributed by atoms with Gasteiger partial charge in [-0.2, -0.15) is 0 Å². The Balaban J connectivity index is 2.44. The number of hydrogen-bond donors (Lipinski definition) is 2. The number of hydrogen-bond acceptors (Lipinski definition) is 5. The Labute approximate surface area is 113 Å². The van der Waals surface area contributed by atoms with Gasteiger partial charge in [-0.1, -0.05) is 30.0 Å². The lowest BCUT2D eigenvalue weighted by atomic mass is 10.0. The lowest BCUT2D eigenvalue weighted by Gasteiger charge is -2.16. The standard InChI is InChI=1S/C12H14F2N4S/c1-2-4-9-12(19-18-17-9)11(16-15)7-5-3-6-8(13)10(7)14/h3,5-6,11,16H,2,4,15H2,1H3. The SMILES string of the molecule is CCCc1nnsc1C(NN)c1cccc(F)c1F. The van der Waals surface area contributed by atoms with Gasteiger partial charge in [0.05, 0.1) is 16.6 Å². The van der Waals surface area contributed by atoms with Crippen LogP contribution >= 0.6 is 11.5 Å². The van der Waals surface area contributed by atoms with Crippen molar-refractivity contribution >= 4 is 11.5 Å². The predicted octanol–water partition coefficient (Wildman–Crippen LogP) is 2.32. The Bertz CT molecular complexity index is 558. The number of aryl methyl sites for hydroxylation is 1. The molecule has 0 aliphatic rings. The minimum atomic E-state index is -0.902. The van der Waals surface area contributed by atoms with Crippen LogP contribution < -0.4 is 11.3 Å². The molecule has 0 amide bonds. The number of aromatic nitrogens is 2. The summed E-state index contributed by atoms with van der Waals surface area (Å²) in [7, 11) is 0. The molecule has 0 spiro atoms. The number of rotatable bonds is 5. The van der Waals surface area contributed by atoms with E-state index >= 15 is 0 Å². The molecular formula is C12H14F2N4S. The first-order valence-corrected chi connectivity index (χ1v) is 6.67. The zero-order valence-electron chi connectivity index (χ0n) is 10.4. The van der Waals surface area contributed by atoms with Gasteiger partial charge in [0.2, 0.25) is 0 Å². The fraction of sp³-hybridized carbons (Fsp3) is 0.333. The summed E-state index contributed by atoms with van der Waals surface area (Å²) in [5, 5.41) is 4.01. The number of benzene rings is 1. The lowest BCUT2D eigenvalue weighted by Crippen LogP contribution is -2.29. The molecule has 4 nitrogen and oxygen atoms in total. The summed E-state index contributed by atoms with van der Waals surface area (Å²) in [5.41, 5.74) is 3.43. The predicted molar refractivity (Wildman–Crippen MR) is 69.4 cm³/mol. The molecule has 0 saturated heterocycles. The van der Waals surface area contributed by atoms with Crippen LogP contribution in [0, 0.1) is 11.6 Å². The topological polar surface area (TPSA) is 63.8 Å². The molecular weight excluding hydrogens is 270 g/mol. The molecule has 102 valence electrons. The molecule has 3 N–H and O–H groups in total. The van der Waals surface area contributed by atoms with Crippen molar-refractivity contribution in [3.05, 3.63) is 46.0 Å². The average Bonchev–Trinajstić information content (AvgIpc) is 2.84. The Kier molecular flexibility index (Phi) is 4.52. The number of halogens is 2. The van der Waals surface area contributed by atoms with E-state index in [0.29, 0.717) is 4.88 Å². The van der Waals surface area contributed by atoms with E-state index < -0.39 is 17.7 Å². The zero-order chi connectivity index (χ0) is 13.8. The molecule has 0 fully saturated rings. The highest BCUT2D eigenvalue weighted by atomic mass is 32.1. The van der Waals surface area contributed by atoms with E-state index in [1.54, 1.807) is 0 Å². The quantitative estimate of drug-likeness (QED) is 0.653. The molecule has 1 unspecified atom stereocenters. The minimum absolute atomic E-state index is 0.158.